The number of hydrogen-bond acceptors (Lipinski definition) is 3. The third-order valence-electron chi connectivity index (χ3n) is 4.75. The van der Waals surface area contributed by atoms with Gasteiger partial charge in [-0.3, -0.25) is 9.78 Å². The Hall–Kier alpha value is -2.20. The van der Waals surface area contributed by atoms with E-state index in [9.17, 15) is 4.79 Å². The highest BCUT2D eigenvalue weighted by Gasteiger charge is 2.32. The Morgan fingerprint density at radius 1 is 1.20 bits per heavy atom. The lowest BCUT2D eigenvalue weighted by Gasteiger charge is -2.31. The number of nitrogens with zero attached hydrogens (tertiary/aromatic N) is 1. The van der Waals surface area contributed by atoms with E-state index in [1.165, 1.54) is 5.56 Å². The second-order valence-corrected chi connectivity index (χ2v) is 6.80. The summed E-state index contributed by atoms with van der Waals surface area (Å²) in [7, 11) is 0. The van der Waals surface area contributed by atoms with Crippen LogP contribution in [0.25, 0.3) is 0 Å². The lowest BCUT2D eigenvalue weighted by atomic mass is 9.88. The number of aromatic nitrogens is 1. The number of pyridine rings is 1. The van der Waals surface area contributed by atoms with E-state index in [0.717, 1.165) is 42.7 Å². The summed E-state index contributed by atoms with van der Waals surface area (Å²) in [6, 6.07) is 12.4. The number of nitrogens with one attached hydrogen (secondary N) is 1. The summed E-state index contributed by atoms with van der Waals surface area (Å²) in [6.07, 6.45) is 4.33. The van der Waals surface area contributed by atoms with E-state index >= 15 is 0 Å². The van der Waals surface area contributed by atoms with Gasteiger partial charge in [-0.1, -0.05) is 35.9 Å². The van der Waals surface area contributed by atoms with Crippen molar-refractivity contribution in [2.24, 2.45) is 5.92 Å². The summed E-state index contributed by atoms with van der Waals surface area (Å²) in [5.74, 6) is -0.0297. The third-order valence-corrected chi connectivity index (χ3v) is 4.75. The second-order valence-electron chi connectivity index (χ2n) is 6.80. The van der Waals surface area contributed by atoms with Gasteiger partial charge < -0.3 is 10.1 Å². The van der Waals surface area contributed by atoms with Crippen LogP contribution in [0, 0.1) is 19.8 Å². The molecule has 25 heavy (non-hydrogen) atoms. The quantitative estimate of drug-likeness (QED) is 0.907. The van der Waals surface area contributed by atoms with Crippen LogP contribution in [0.1, 0.15) is 41.3 Å². The Morgan fingerprint density at radius 2 is 2.00 bits per heavy atom. The van der Waals surface area contributed by atoms with Crippen LogP contribution in [0.2, 0.25) is 0 Å². The van der Waals surface area contributed by atoms with Crippen molar-refractivity contribution in [2.75, 3.05) is 13.2 Å². The highest BCUT2D eigenvalue weighted by Crippen LogP contribution is 2.33. The van der Waals surface area contributed by atoms with E-state index < -0.39 is 0 Å². The van der Waals surface area contributed by atoms with Crippen LogP contribution in [-0.4, -0.2) is 24.0 Å². The summed E-state index contributed by atoms with van der Waals surface area (Å²) in [5.41, 5.74) is 4.45. The molecule has 0 saturated carbocycles. The zero-order chi connectivity index (χ0) is 17.6. The molecular formula is C21H26N2O2. The normalized spacial score (nSPS) is 20.2. The van der Waals surface area contributed by atoms with Gasteiger partial charge in [-0.05, 0) is 50.3 Å². The first-order valence-corrected chi connectivity index (χ1v) is 9.01. The Labute approximate surface area is 149 Å². The molecule has 1 saturated heterocycles. The molecule has 3 rings (SSSR count). The standard InChI is InChI=1S/C21H26N2O2/c1-15-5-9-18(10-6-15)20-19(4-3-13-25-20)21(24)22-12-11-17-8-7-16(2)23-14-17/h5-10,14,19-20H,3-4,11-13H2,1-2H3,(H,22,24)/t19-,20-/m0/s1. The number of ether oxygens (including phenoxy) is 1. The Bertz CT molecular complexity index is 695. The number of benzene rings is 1. The lowest BCUT2D eigenvalue weighted by Crippen LogP contribution is -2.38. The highest BCUT2D eigenvalue weighted by atomic mass is 16.5. The summed E-state index contributed by atoms with van der Waals surface area (Å²) in [4.78, 5) is 17.0. The van der Waals surface area contributed by atoms with Gasteiger partial charge in [0.05, 0.1) is 12.0 Å². The number of aryl methyl sites for hydroxylation is 2. The van der Waals surface area contributed by atoms with Gasteiger partial charge in [0.25, 0.3) is 0 Å². The van der Waals surface area contributed by atoms with Crippen LogP contribution in [0.4, 0.5) is 0 Å². The van der Waals surface area contributed by atoms with Crippen molar-refractivity contribution >= 4 is 5.91 Å². The maximum absolute atomic E-state index is 12.7. The number of rotatable bonds is 5. The maximum atomic E-state index is 12.7. The molecule has 1 N–H and O–H groups in total. The van der Waals surface area contributed by atoms with Crippen LogP contribution in [0.5, 0.6) is 0 Å². The minimum Gasteiger partial charge on any atom is -0.373 e. The molecule has 0 unspecified atom stereocenters. The Kier molecular flexibility index (Phi) is 5.82. The average Bonchev–Trinajstić information content (AvgIpc) is 2.64. The van der Waals surface area contributed by atoms with Crippen LogP contribution in [-0.2, 0) is 16.0 Å². The predicted molar refractivity (Wildman–Crippen MR) is 98.3 cm³/mol. The molecule has 1 fully saturated rings. The zero-order valence-electron chi connectivity index (χ0n) is 15.0. The van der Waals surface area contributed by atoms with Crippen molar-refractivity contribution in [3.05, 3.63) is 65.0 Å². The first-order chi connectivity index (χ1) is 12.1. The van der Waals surface area contributed by atoms with Crippen molar-refractivity contribution in [3.63, 3.8) is 0 Å². The van der Waals surface area contributed by atoms with Gasteiger partial charge in [-0.25, -0.2) is 0 Å². The van der Waals surface area contributed by atoms with E-state index in [1.807, 2.05) is 19.2 Å². The van der Waals surface area contributed by atoms with Gasteiger partial charge in [0.1, 0.15) is 0 Å². The van der Waals surface area contributed by atoms with Gasteiger partial charge in [-0.2, -0.15) is 0 Å². The molecule has 0 spiro atoms. The number of amides is 1. The molecular weight excluding hydrogens is 312 g/mol. The second kappa shape index (κ2) is 8.26. The molecule has 2 heterocycles. The number of carbonyl (C=O) groups is 1. The minimum atomic E-state index is -0.143. The van der Waals surface area contributed by atoms with Crippen molar-refractivity contribution in [3.8, 4) is 0 Å². The molecule has 0 radical (unpaired) electrons. The van der Waals surface area contributed by atoms with E-state index in [0.29, 0.717) is 6.54 Å². The molecule has 1 aromatic heterocycles. The Balaban J connectivity index is 1.58. The van der Waals surface area contributed by atoms with E-state index in [2.05, 4.69) is 47.6 Å². The summed E-state index contributed by atoms with van der Waals surface area (Å²) in [6.45, 7) is 5.38. The highest BCUT2D eigenvalue weighted by molar-refractivity contribution is 5.79. The van der Waals surface area contributed by atoms with Crippen LogP contribution >= 0.6 is 0 Å². The van der Waals surface area contributed by atoms with Crippen molar-refractivity contribution in [2.45, 2.75) is 39.2 Å². The van der Waals surface area contributed by atoms with Gasteiger partial charge in [0, 0.05) is 25.0 Å². The smallest absolute Gasteiger partial charge is 0.226 e. The van der Waals surface area contributed by atoms with E-state index in [4.69, 9.17) is 4.74 Å². The lowest BCUT2D eigenvalue weighted by molar-refractivity contribution is -0.134. The van der Waals surface area contributed by atoms with Crippen LogP contribution in [0.15, 0.2) is 42.6 Å². The monoisotopic (exact) mass is 338 g/mol. The molecule has 1 aromatic carbocycles. The van der Waals surface area contributed by atoms with Gasteiger partial charge in [0.15, 0.2) is 0 Å². The fraction of sp³-hybridized carbons (Fsp3) is 0.429. The minimum absolute atomic E-state index is 0.0883. The molecule has 2 atom stereocenters. The van der Waals surface area contributed by atoms with Crippen LogP contribution < -0.4 is 5.32 Å². The van der Waals surface area contributed by atoms with E-state index in [-0.39, 0.29) is 17.9 Å². The summed E-state index contributed by atoms with van der Waals surface area (Å²) in [5, 5.41) is 3.08. The number of hydrogen-bond donors (Lipinski definition) is 1. The largest absolute Gasteiger partial charge is 0.373 e. The SMILES string of the molecule is Cc1ccc([C@@H]2OCCC[C@@H]2C(=O)NCCc2ccc(C)nc2)cc1. The Morgan fingerprint density at radius 3 is 2.72 bits per heavy atom. The summed E-state index contributed by atoms with van der Waals surface area (Å²) < 4.78 is 5.94. The van der Waals surface area contributed by atoms with Crippen molar-refractivity contribution < 1.29 is 9.53 Å². The first kappa shape index (κ1) is 17.6. The van der Waals surface area contributed by atoms with Crippen molar-refractivity contribution in [1.82, 2.24) is 10.3 Å². The third kappa shape index (κ3) is 4.67. The maximum Gasteiger partial charge on any atom is 0.226 e. The fourth-order valence-corrected chi connectivity index (χ4v) is 3.24. The molecule has 132 valence electrons. The summed E-state index contributed by atoms with van der Waals surface area (Å²) >= 11 is 0. The molecule has 1 amide bonds. The van der Waals surface area contributed by atoms with Gasteiger partial charge in [0.2, 0.25) is 5.91 Å². The molecule has 0 bridgehead atoms. The molecule has 4 nitrogen and oxygen atoms in total. The zero-order valence-corrected chi connectivity index (χ0v) is 15.0. The van der Waals surface area contributed by atoms with Gasteiger partial charge in [-0.15, -0.1) is 0 Å². The fourth-order valence-electron chi connectivity index (χ4n) is 3.24. The molecule has 2 aromatic rings. The molecule has 0 aliphatic carbocycles. The molecule has 4 heteroatoms. The van der Waals surface area contributed by atoms with Crippen LogP contribution in [0.3, 0.4) is 0 Å². The first-order valence-electron chi connectivity index (χ1n) is 9.01. The van der Waals surface area contributed by atoms with Gasteiger partial charge >= 0.3 is 0 Å². The topological polar surface area (TPSA) is 51.2 Å². The van der Waals surface area contributed by atoms with E-state index in [1.54, 1.807) is 0 Å². The molecule has 1 aliphatic heterocycles. The average molecular weight is 338 g/mol. The van der Waals surface area contributed by atoms with Crippen molar-refractivity contribution in [1.29, 1.82) is 0 Å². The number of carbonyl (C=O) groups excluding carboxylic acids is 1. The molecule has 1 aliphatic rings. The predicted octanol–water partition coefficient (Wildman–Crippen LogP) is 3.53.